The van der Waals surface area contributed by atoms with Crippen LogP contribution in [0.2, 0.25) is 0 Å². The summed E-state index contributed by atoms with van der Waals surface area (Å²) in [5.41, 5.74) is 0.702. The van der Waals surface area contributed by atoms with E-state index in [1.165, 1.54) is 7.11 Å². The number of rotatable bonds is 5. The fourth-order valence-corrected chi connectivity index (χ4v) is 2.38. The van der Waals surface area contributed by atoms with Crippen LogP contribution in [-0.2, 0) is 9.47 Å². The summed E-state index contributed by atoms with van der Waals surface area (Å²) in [6.07, 6.45) is -3.12. The van der Waals surface area contributed by atoms with Crippen molar-refractivity contribution in [2.24, 2.45) is 0 Å². The Morgan fingerprint density at radius 2 is 1.92 bits per heavy atom. The second kappa shape index (κ2) is 7.76. The van der Waals surface area contributed by atoms with Crippen molar-refractivity contribution in [3.63, 3.8) is 0 Å². The number of hydrogen-bond donors (Lipinski definition) is 4. The van der Waals surface area contributed by atoms with Crippen LogP contribution in [0.3, 0.4) is 0 Å². The number of nitrogens with one attached hydrogen (secondary N) is 2. The van der Waals surface area contributed by atoms with Crippen LogP contribution in [0.4, 0.5) is 4.79 Å². The maximum Gasteiger partial charge on any atom is 0.407 e. The Morgan fingerprint density at radius 3 is 2.54 bits per heavy atom. The number of benzene rings is 1. The second-order valence-electron chi connectivity index (χ2n) is 6.92. The number of ether oxygens (including phenoxy) is 2. The number of aromatic nitrogens is 1. The molecule has 142 valence electrons. The van der Waals surface area contributed by atoms with E-state index in [0.29, 0.717) is 16.8 Å². The highest BCUT2D eigenvalue weighted by Gasteiger charge is 2.22. The van der Waals surface area contributed by atoms with Gasteiger partial charge in [-0.1, -0.05) is 12.1 Å². The lowest BCUT2D eigenvalue weighted by molar-refractivity contribution is 0.0130. The highest BCUT2D eigenvalue weighted by molar-refractivity contribution is 5.94. The molecule has 0 aliphatic carbocycles. The summed E-state index contributed by atoms with van der Waals surface area (Å²) in [6.45, 7) is 5.01. The van der Waals surface area contributed by atoms with Crippen molar-refractivity contribution < 1.29 is 29.3 Å². The number of aliphatic hydroxyl groups is 2. The number of carbonyl (C=O) groups excluding carboxylic acids is 2. The van der Waals surface area contributed by atoms with Crippen molar-refractivity contribution in [3.05, 3.63) is 35.5 Å². The molecule has 0 saturated carbocycles. The average molecular weight is 364 g/mol. The molecule has 0 aliphatic rings. The van der Waals surface area contributed by atoms with E-state index in [-0.39, 0.29) is 6.54 Å². The smallest absolute Gasteiger partial charge is 0.407 e. The number of hydrogen-bond acceptors (Lipinski definition) is 6. The third-order valence-corrected chi connectivity index (χ3v) is 3.61. The van der Waals surface area contributed by atoms with Crippen LogP contribution in [0.25, 0.3) is 10.9 Å². The van der Waals surface area contributed by atoms with Crippen LogP contribution in [-0.4, -0.2) is 52.6 Å². The van der Waals surface area contributed by atoms with Gasteiger partial charge in [-0.3, -0.25) is 0 Å². The van der Waals surface area contributed by atoms with Gasteiger partial charge in [0.1, 0.15) is 23.5 Å². The average Bonchev–Trinajstić information content (AvgIpc) is 2.99. The van der Waals surface area contributed by atoms with E-state index < -0.39 is 29.9 Å². The van der Waals surface area contributed by atoms with Gasteiger partial charge in [0, 0.05) is 17.4 Å². The molecule has 8 nitrogen and oxygen atoms in total. The number of H-pyrrole nitrogens is 1. The Bertz CT molecular complexity index is 793. The van der Waals surface area contributed by atoms with Gasteiger partial charge in [0.05, 0.1) is 7.11 Å². The summed E-state index contributed by atoms with van der Waals surface area (Å²) in [6, 6.07) is 6.62. The Morgan fingerprint density at radius 1 is 1.23 bits per heavy atom. The molecule has 0 spiro atoms. The van der Waals surface area contributed by atoms with Gasteiger partial charge in [-0.05, 0) is 38.5 Å². The van der Waals surface area contributed by atoms with Crippen LogP contribution >= 0.6 is 0 Å². The lowest BCUT2D eigenvalue weighted by Crippen LogP contribution is -2.38. The first-order chi connectivity index (χ1) is 12.1. The zero-order chi connectivity index (χ0) is 19.5. The number of methoxy groups -OCH3 is 1. The van der Waals surface area contributed by atoms with Gasteiger partial charge in [0.2, 0.25) is 0 Å². The summed E-state index contributed by atoms with van der Waals surface area (Å²) in [5, 5.41) is 23.6. The summed E-state index contributed by atoms with van der Waals surface area (Å²) in [7, 11) is 1.29. The molecule has 0 saturated heterocycles. The lowest BCUT2D eigenvalue weighted by Gasteiger charge is -2.22. The molecular weight excluding hydrogens is 340 g/mol. The molecule has 1 heterocycles. The molecule has 1 aromatic carbocycles. The van der Waals surface area contributed by atoms with Gasteiger partial charge >= 0.3 is 12.1 Å². The Balaban J connectivity index is 2.04. The predicted molar refractivity (Wildman–Crippen MR) is 94.8 cm³/mol. The molecule has 8 heteroatoms. The van der Waals surface area contributed by atoms with Gasteiger partial charge in [-0.2, -0.15) is 0 Å². The van der Waals surface area contributed by atoms with Gasteiger partial charge in [-0.25, -0.2) is 9.59 Å². The molecule has 0 aliphatic heterocycles. The molecule has 1 amide bonds. The normalized spacial score (nSPS) is 13.9. The minimum absolute atomic E-state index is 0.174. The zero-order valence-electron chi connectivity index (χ0n) is 15.2. The van der Waals surface area contributed by atoms with Crippen molar-refractivity contribution in [2.45, 2.75) is 38.6 Å². The molecule has 2 unspecified atom stereocenters. The minimum Gasteiger partial charge on any atom is -0.464 e. The number of amides is 1. The van der Waals surface area contributed by atoms with E-state index in [1.807, 2.05) is 0 Å². The third kappa shape index (κ3) is 4.96. The van der Waals surface area contributed by atoms with Crippen LogP contribution in [0.1, 0.15) is 42.9 Å². The highest BCUT2D eigenvalue weighted by atomic mass is 16.6. The minimum atomic E-state index is -1.23. The van der Waals surface area contributed by atoms with Crippen LogP contribution < -0.4 is 5.32 Å². The van der Waals surface area contributed by atoms with Crippen molar-refractivity contribution in [1.82, 2.24) is 10.3 Å². The summed E-state index contributed by atoms with van der Waals surface area (Å²) < 4.78 is 9.73. The fraction of sp³-hybridized carbons (Fsp3) is 0.444. The highest BCUT2D eigenvalue weighted by Crippen LogP contribution is 2.23. The van der Waals surface area contributed by atoms with Crippen molar-refractivity contribution >= 4 is 23.0 Å². The standard InChI is InChI=1S/C18H24N2O6/c1-18(2,3)26-17(24)19-9-14(21)15(22)11-6-5-10-7-13(16(23)25-4)20-12(10)8-11/h5-8,14-15,20-22H,9H2,1-4H3,(H,19,24). The molecule has 0 bridgehead atoms. The van der Waals surface area contributed by atoms with E-state index in [1.54, 1.807) is 45.0 Å². The van der Waals surface area contributed by atoms with Crippen molar-refractivity contribution in [1.29, 1.82) is 0 Å². The molecule has 26 heavy (non-hydrogen) atoms. The van der Waals surface area contributed by atoms with Gasteiger partial charge in [0.25, 0.3) is 0 Å². The summed E-state index contributed by atoms with van der Waals surface area (Å²) in [5.74, 6) is -0.495. The Labute approximate surface area is 151 Å². The van der Waals surface area contributed by atoms with Gasteiger partial charge in [0.15, 0.2) is 0 Å². The molecule has 2 rings (SSSR count). The molecule has 0 fully saturated rings. The van der Waals surface area contributed by atoms with Gasteiger partial charge in [-0.15, -0.1) is 0 Å². The predicted octanol–water partition coefficient (Wildman–Crippen LogP) is 1.87. The number of esters is 1. The Kier molecular flexibility index (Phi) is 5.89. The maximum atomic E-state index is 11.6. The monoisotopic (exact) mass is 364 g/mol. The number of carbonyl (C=O) groups is 2. The topological polar surface area (TPSA) is 121 Å². The third-order valence-electron chi connectivity index (χ3n) is 3.61. The van der Waals surface area contributed by atoms with Gasteiger partial charge < -0.3 is 30.0 Å². The van der Waals surface area contributed by atoms with E-state index in [2.05, 4.69) is 15.0 Å². The quantitative estimate of drug-likeness (QED) is 0.601. The zero-order valence-corrected chi connectivity index (χ0v) is 15.2. The molecule has 1 aromatic heterocycles. The van der Waals surface area contributed by atoms with Crippen LogP contribution in [0.5, 0.6) is 0 Å². The van der Waals surface area contributed by atoms with Crippen LogP contribution in [0, 0.1) is 0 Å². The number of fused-ring (bicyclic) bond motifs is 1. The van der Waals surface area contributed by atoms with Crippen molar-refractivity contribution in [3.8, 4) is 0 Å². The number of aromatic amines is 1. The van der Waals surface area contributed by atoms with E-state index in [4.69, 9.17) is 4.74 Å². The molecular formula is C18H24N2O6. The van der Waals surface area contributed by atoms with E-state index in [0.717, 1.165) is 5.39 Å². The van der Waals surface area contributed by atoms with Crippen molar-refractivity contribution in [2.75, 3.05) is 13.7 Å². The lowest BCUT2D eigenvalue weighted by atomic mass is 10.0. The summed E-state index contributed by atoms with van der Waals surface area (Å²) >= 11 is 0. The molecule has 2 aromatic rings. The summed E-state index contributed by atoms with van der Waals surface area (Å²) in [4.78, 5) is 26.1. The largest absolute Gasteiger partial charge is 0.464 e. The molecule has 4 N–H and O–H groups in total. The fourth-order valence-electron chi connectivity index (χ4n) is 2.38. The van der Waals surface area contributed by atoms with Crippen LogP contribution in [0.15, 0.2) is 24.3 Å². The van der Waals surface area contributed by atoms with E-state index in [9.17, 15) is 19.8 Å². The number of aliphatic hydroxyl groups excluding tert-OH is 2. The second-order valence-corrected chi connectivity index (χ2v) is 6.92. The molecule has 0 radical (unpaired) electrons. The Hall–Kier alpha value is -2.58. The maximum absolute atomic E-state index is 11.6. The first-order valence-corrected chi connectivity index (χ1v) is 8.14. The van der Waals surface area contributed by atoms with E-state index >= 15 is 0 Å². The first-order valence-electron chi connectivity index (χ1n) is 8.14. The first kappa shape index (κ1) is 19.7. The molecule has 2 atom stereocenters. The SMILES string of the molecule is COC(=O)c1cc2ccc(C(O)C(O)CNC(=O)OC(C)(C)C)cc2[nH]1. The number of alkyl carbamates (subject to hydrolysis) is 1.